The second kappa shape index (κ2) is 6.48. The van der Waals surface area contributed by atoms with Gasteiger partial charge in [0.15, 0.2) is 11.5 Å². The summed E-state index contributed by atoms with van der Waals surface area (Å²) in [4.78, 5) is 12.5. The van der Waals surface area contributed by atoms with Crippen LogP contribution in [0.1, 0.15) is 42.0 Å². The normalized spacial score (nSPS) is 21.6. The maximum atomic E-state index is 13.2. The average Bonchev–Trinajstić information content (AvgIpc) is 3.30. The molecule has 1 saturated carbocycles. The minimum Gasteiger partial charge on any atom is -0.454 e. The molecule has 2 aliphatic rings. The van der Waals surface area contributed by atoms with Crippen LogP contribution in [0.4, 0.5) is 13.2 Å². The van der Waals surface area contributed by atoms with Crippen molar-refractivity contribution < 1.29 is 27.4 Å². The first-order valence-corrected chi connectivity index (χ1v) is 8.70. The molecule has 2 aromatic carbocycles. The van der Waals surface area contributed by atoms with E-state index >= 15 is 0 Å². The quantitative estimate of drug-likeness (QED) is 0.858. The molecule has 142 valence electrons. The maximum absolute atomic E-state index is 13.2. The van der Waals surface area contributed by atoms with Crippen LogP contribution < -0.4 is 14.8 Å². The summed E-state index contributed by atoms with van der Waals surface area (Å²) in [6, 6.07) is 10.6. The molecule has 1 fully saturated rings. The molecule has 0 radical (unpaired) electrons. The molecule has 1 N–H and O–H groups in total. The zero-order chi connectivity index (χ0) is 19.2. The second-order valence-corrected chi connectivity index (χ2v) is 6.88. The van der Waals surface area contributed by atoms with Crippen molar-refractivity contribution in [2.24, 2.45) is 5.92 Å². The zero-order valence-electron chi connectivity index (χ0n) is 14.5. The Balaban J connectivity index is 1.44. The van der Waals surface area contributed by atoms with E-state index in [0.29, 0.717) is 17.9 Å². The molecule has 0 aromatic heterocycles. The number of carbonyl (C=O) groups is 1. The molecule has 3 atom stereocenters. The summed E-state index contributed by atoms with van der Waals surface area (Å²) in [5, 5.41) is 2.89. The van der Waals surface area contributed by atoms with Gasteiger partial charge in [-0.15, -0.1) is 0 Å². The van der Waals surface area contributed by atoms with Crippen LogP contribution in [0.5, 0.6) is 11.5 Å². The topological polar surface area (TPSA) is 47.6 Å². The molecule has 1 amide bonds. The van der Waals surface area contributed by atoms with Crippen LogP contribution in [0.2, 0.25) is 0 Å². The van der Waals surface area contributed by atoms with Crippen LogP contribution in [0.15, 0.2) is 42.5 Å². The Morgan fingerprint density at radius 2 is 1.89 bits per heavy atom. The van der Waals surface area contributed by atoms with Crippen molar-refractivity contribution in [3.8, 4) is 11.5 Å². The van der Waals surface area contributed by atoms with Crippen LogP contribution in [-0.2, 0) is 11.0 Å². The van der Waals surface area contributed by atoms with Gasteiger partial charge in [-0.3, -0.25) is 4.79 Å². The minimum atomic E-state index is -4.42. The molecule has 4 nitrogen and oxygen atoms in total. The van der Waals surface area contributed by atoms with Crippen molar-refractivity contribution in [1.29, 1.82) is 0 Å². The van der Waals surface area contributed by atoms with Crippen molar-refractivity contribution in [2.75, 3.05) is 6.79 Å². The van der Waals surface area contributed by atoms with E-state index < -0.39 is 23.6 Å². The number of amides is 1. The number of benzene rings is 2. The van der Waals surface area contributed by atoms with Gasteiger partial charge in [0.2, 0.25) is 12.7 Å². The van der Waals surface area contributed by atoms with Crippen molar-refractivity contribution >= 4 is 5.91 Å². The van der Waals surface area contributed by atoms with Crippen LogP contribution >= 0.6 is 0 Å². The first kappa shape index (κ1) is 17.7. The fourth-order valence-electron chi connectivity index (χ4n) is 3.49. The zero-order valence-corrected chi connectivity index (χ0v) is 14.5. The highest BCUT2D eigenvalue weighted by Crippen LogP contribution is 2.51. The van der Waals surface area contributed by atoms with E-state index in [0.717, 1.165) is 11.6 Å². The van der Waals surface area contributed by atoms with Gasteiger partial charge in [0.25, 0.3) is 0 Å². The lowest BCUT2D eigenvalue weighted by atomic mass is 10.0. The third-order valence-corrected chi connectivity index (χ3v) is 5.05. The lowest BCUT2D eigenvalue weighted by Crippen LogP contribution is -2.28. The molecule has 7 heteroatoms. The molecule has 1 aliphatic carbocycles. The summed E-state index contributed by atoms with van der Waals surface area (Å²) < 4.78 is 50.1. The number of hydrogen-bond donors (Lipinski definition) is 1. The van der Waals surface area contributed by atoms with Crippen LogP contribution in [0.3, 0.4) is 0 Å². The highest BCUT2D eigenvalue weighted by molar-refractivity contribution is 5.83. The average molecular weight is 377 g/mol. The first-order valence-electron chi connectivity index (χ1n) is 8.70. The summed E-state index contributed by atoms with van der Waals surface area (Å²) in [5.74, 6) is 0.208. The fourth-order valence-corrected chi connectivity index (χ4v) is 3.49. The molecule has 27 heavy (non-hydrogen) atoms. The van der Waals surface area contributed by atoms with Gasteiger partial charge in [-0.1, -0.05) is 24.3 Å². The highest BCUT2D eigenvalue weighted by Gasteiger charge is 2.48. The number of nitrogens with one attached hydrogen (secondary N) is 1. The van der Waals surface area contributed by atoms with E-state index in [2.05, 4.69) is 5.32 Å². The molecule has 2 aromatic rings. The Kier molecular flexibility index (Phi) is 4.25. The number of alkyl halides is 3. The number of hydrogen-bond acceptors (Lipinski definition) is 3. The van der Waals surface area contributed by atoms with E-state index in [9.17, 15) is 18.0 Å². The Morgan fingerprint density at radius 3 is 2.67 bits per heavy atom. The maximum Gasteiger partial charge on any atom is 0.416 e. The molecule has 1 aliphatic heterocycles. The molecule has 0 unspecified atom stereocenters. The molecule has 4 rings (SSSR count). The number of carbonyl (C=O) groups excluding carboxylic acids is 1. The molecule has 1 heterocycles. The standard InChI is InChI=1S/C20H18F3NO3/c1-11(12-6-7-17-18(8-12)27-10-26-17)24-19(25)15-9-14(15)13-4-2-3-5-16(13)20(21,22)23/h2-8,11,14-15H,9-10H2,1H3,(H,24,25)/t11-,14+,15+/m0/s1. The molecular weight excluding hydrogens is 359 g/mol. The van der Waals surface area contributed by atoms with Gasteiger partial charge in [0, 0.05) is 5.92 Å². The van der Waals surface area contributed by atoms with Crippen LogP contribution in [0, 0.1) is 5.92 Å². The summed E-state index contributed by atoms with van der Waals surface area (Å²) >= 11 is 0. The van der Waals surface area contributed by atoms with Gasteiger partial charge in [0.1, 0.15) is 0 Å². The minimum absolute atomic E-state index is 0.169. The second-order valence-electron chi connectivity index (χ2n) is 6.88. The summed E-state index contributed by atoms with van der Waals surface area (Å²) in [7, 11) is 0. The lowest BCUT2D eigenvalue weighted by molar-refractivity contribution is -0.138. The number of fused-ring (bicyclic) bond motifs is 1. The van der Waals surface area contributed by atoms with Gasteiger partial charge >= 0.3 is 6.18 Å². The first-order chi connectivity index (χ1) is 12.8. The Bertz CT molecular complexity index is 881. The Morgan fingerprint density at radius 1 is 1.15 bits per heavy atom. The smallest absolute Gasteiger partial charge is 0.416 e. The molecule has 0 spiro atoms. The third kappa shape index (κ3) is 3.46. The molecular formula is C20H18F3NO3. The number of halogens is 3. The third-order valence-electron chi connectivity index (χ3n) is 5.05. The summed E-state index contributed by atoms with van der Waals surface area (Å²) in [6.45, 7) is 2.00. The largest absolute Gasteiger partial charge is 0.454 e. The van der Waals surface area contributed by atoms with Crippen molar-refractivity contribution in [1.82, 2.24) is 5.32 Å². The van der Waals surface area contributed by atoms with Crippen LogP contribution in [0.25, 0.3) is 0 Å². The predicted octanol–water partition coefficient (Wildman–Crippen LogP) is 4.42. The SMILES string of the molecule is C[C@H](NC(=O)[C@@H]1C[C@@H]1c1ccccc1C(F)(F)F)c1ccc2c(c1)OCO2. The van der Waals surface area contributed by atoms with E-state index in [1.807, 2.05) is 13.0 Å². The molecule has 0 saturated heterocycles. The van der Waals surface area contributed by atoms with E-state index in [-0.39, 0.29) is 24.3 Å². The number of ether oxygens (including phenoxy) is 2. The van der Waals surface area contributed by atoms with Gasteiger partial charge < -0.3 is 14.8 Å². The Labute approximate surface area is 154 Å². The lowest BCUT2D eigenvalue weighted by Gasteiger charge is -2.16. The number of rotatable bonds is 4. The van der Waals surface area contributed by atoms with Gasteiger partial charge in [0.05, 0.1) is 11.6 Å². The van der Waals surface area contributed by atoms with E-state index in [1.165, 1.54) is 12.1 Å². The van der Waals surface area contributed by atoms with Gasteiger partial charge in [-0.25, -0.2) is 0 Å². The van der Waals surface area contributed by atoms with Gasteiger partial charge in [-0.2, -0.15) is 13.2 Å². The summed E-state index contributed by atoms with van der Waals surface area (Å²) in [6.07, 6.45) is -3.99. The summed E-state index contributed by atoms with van der Waals surface area (Å²) in [5.41, 5.74) is 0.385. The van der Waals surface area contributed by atoms with E-state index in [4.69, 9.17) is 9.47 Å². The monoisotopic (exact) mass is 377 g/mol. The highest BCUT2D eigenvalue weighted by atomic mass is 19.4. The van der Waals surface area contributed by atoms with Crippen molar-refractivity contribution in [2.45, 2.75) is 31.5 Å². The van der Waals surface area contributed by atoms with Crippen molar-refractivity contribution in [3.63, 3.8) is 0 Å². The van der Waals surface area contributed by atoms with E-state index in [1.54, 1.807) is 18.2 Å². The van der Waals surface area contributed by atoms with Gasteiger partial charge in [-0.05, 0) is 48.6 Å². The predicted molar refractivity (Wildman–Crippen MR) is 91.4 cm³/mol. The van der Waals surface area contributed by atoms with Crippen molar-refractivity contribution in [3.05, 3.63) is 59.2 Å². The molecule has 0 bridgehead atoms. The Hall–Kier alpha value is -2.70. The fraction of sp³-hybridized carbons (Fsp3) is 0.350. The van der Waals surface area contributed by atoms with Crippen LogP contribution in [-0.4, -0.2) is 12.7 Å².